The lowest BCUT2D eigenvalue weighted by Crippen LogP contribution is -2.45. The quantitative estimate of drug-likeness (QED) is 0.827. The van der Waals surface area contributed by atoms with E-state index in [-0.39, 0.29) is 12.1 Å². The van der Waals surface area contributed by atoms with Crippen molar-refractivity contribution in [1.82, 2.24) is 30.4 Å². The van der Waals surface area contributed by atoms with E-state index in [4.69, 9.17) is 0 Å². The Hall–Kier alpha value is -2.64. The highest BCUT2D eigenvalue weighted by Gasteiger charge is 2.26. The normalized spacial score (nSPS) is 20.3. The Labute approximate surface area is 165 Å². The molecule has 1 aliphatic heterocycles. The molecule has 2 fully saturated rings. The Morgan fingerprint density at radius 2 is 2.11 bits per heavy atom. The van der Waals surface area contributed by atoms with Gasteiger partial charge in [-0.05, 0) is 31.2 Å². The highest BCUT2D eigenvalue weighted by molar-refractivity contribution is 5.74. The Morgan fingerprint density at radius 3 is 2.89 bits per heavy atom. The highest BCUT2D eigenvalue weighted by atomic mass is 16.2. The number of hydrogen-bond acceptors (Lipinski definition) is 5. The Balaban J connectivity index is 1.28. The van der Waals surface area contributed by atoms with E-state index >= 15 is 0 Å². The molecule has 8 nitrogen and oxygen atoms in total. The maximum Gasteiger partial charge on any atom is 0.315 e. The van der Waals surface area contributed by atoms with E-state index in [1.165, 1.54) is 32.1 Å². The number of nitrogens with one attached hydrogen (secondary N) is 2. The monoisotopic (exact) mass is 383 g/mol. The van der Waals surface area contributed by atoms with Gasteiger partial charge in [0.1, 0.15) is 0 Å². The molecule has 1 saturated heterocycles. The molecule has 28 heavy (non-hydrogen) atoms. The Kier molecular flexibility index (Phi) is 5.73. The van der Waals surface area contributed by atoms with Crippen molar-refractivity contribution in [3.8, 4) is 11.3 Å². The second-order valence-corrected chi connectivity index (χ2v) is 7.93. The summed E-state index contributed by atoms with van der Waals surface area (Å²) in [6.07, 6.45) is 12.8. The molecule has 2 N–H and O–H groups in total. The van der Waals surface area contributed by atoms with E-state index in [1.807, 2.05) is 19.3 Å². The van der Waals surface area contributed by atoms with Crippen molar-refractivity contribution in [3.63, 3.8) is 0 Å². The molecule has 2 aromatic rings. The number of hydrogen-bond donors (Lipinski definition) is 2. The van der Waals surface area contributed by atoms with Gasteiger partial charge in [-0.2, -0.15) is 5.10 Å². The smallest absolute Gasteiger partial charge is 0.315 e. The van der Waals surface area contributed by atoms with Crippen LogP contribution in [0.25, 0.3) is 11.3 Å². The maximum atomic E-state index is 12.2. The molecule has 1 atom stereocenters. The van der Waals surface area contributed by atoms with Gasteiger partial charge < -0.3 is 15.5 Å². The molecule has 1 unspecified atom stereocenters. The first-order chi connectivity index (χ1) is 13.7. The van der Waals surface area contributed by atoms with E-state index in [1.54, 1.807) is 17.1 Å². The number of amides is 2. The summed E-state index contributed by atoms with van der Waals surface area (Å²) in [7, 11) is 1.89. The molecule has 2 aliphatic rings. The molecule has 8 heteroatoms. The van der Waals surface area contributed by atoms with Crippen molar-refractivity contribution < 1.29 is 4.79 Å². The average molecular weight is 384 g/mol. The molecular formula is C20H29N7O. The number of nitrogens with zero attached hydrogens (tertiary/aromatic N) is 5. The van der Waals surface area contributed by atoms with Gasteiger partial charge in [-0.3, -0.25) is 4.68 Å². The summed E-state index contributed by atoms with van der Waals surface area (Å²) in [5.74, 6) is 1.34. The molecular weight excluding hydrogens is 354 g/mol. The Morgan fingerprint density at radius 1 is 1.25 bits per heavy atom. The van der Waals surface area contributed by atoms with E-state index in [0.29, 0.717) is 11.9 Å². The first kappa shape index (κ1) is 18.7. The SMILES string of the molecule is Cn1cc(-c2ccnc(N3CCC(NC(=O)NCC4CCCCC4)C3)n2)cn1. The van der Waals surface area contributed by atoms with Crippen LogP contribution in [0.4, 0.5) is 10.7 Å². The number of aryl methyl sites for hydroxylation is 1. The number of urea groups is 1. The average Bonchev–Trinajstić information content (AvgIpc) is 3.36. The fourth-order valence-corrected chi connectivity index (χ4v) is 4.14. The summed E-state index contributed by atoms with van der Waals surface area (Å²) in [6, 6.07) is 1.96. The standard InChI is InChI=1S/C20H29N7O/c1-26-13-16(12-23-26)18-7-9-21-19(25-18)27-10-8-17(14-27)24-20(28)22-11-15-5-3-2-4-6-15/h7,9,12-13,15,17H,2-6,8,10-11,14H2,1H3,(H2,22,24,28). The third-order valence-electron chi connectivity index (χ3n) is 5.73. The molecule has 0 aromatic carbocycles. The van der Waals surface area contributed by atoms with E-state index in [0.717, 1.165) is 37.3 Å². The molecule has 3 heterocycles. The van der Waals surface area contributed by atoms with E-state index < -0.39 is 0 Å². The lowest BCUT2D eigenvalue weighted by Gasteiger charge is -2.22. The summed E-state index contributed by atoms with van der Waals surface area (Å²) in [4.78, 5) is 23.5. The van der Waals surface area contributed by atoms with Crippen LogP contribution in [0.5, 0.6) is 0 Å². The van der Waals surface area contributed by atoms with E-state index in [9.17, 15) is 4.79 Å². The third-order valence-corrected chi connectivity index (χ3v) is 5.73. The zero-order chi connectivity index (χ0) is 19.3. The number of carbonyl (C=O) groups is 1. The second kappa shape index (κ2) is 8.58. The van der Waals surface area contributed by atoms with E-state index in [2.05, 4.69) is 30.6 Å². The number of rotatable bonds is 5. The fraction of sp³-hybridized carbons (Fsp3) is 0.600. The highest BCUT2D eigenvalue weighted by Crippen LogP contribution is 2.23. The summed E-state index contributed by atoms with van der Waals surface area (Å²) in [5, 5.41) is 10.4. The van der Waals surface area contributed by atoms with Crippen molar-refractivity contribution in [2.45, 2.75) is 44.6 Å². The maximum absolute atomic E-state index is 12.2. The van der Waals surface area contributed by atoms with Gasteiger partial charge in [0, 0.05) is 50.7 Å². The largest absolute Gasteiger partial charge is 0.339 e. The van der Waals surface area contributed by atoms with Gasteiger partial charge in [0.05, 0.1) is 11.9 Å². The molecule has 0 spiro atoms. The zero-order valence-electron chi connectivity index (χ0n) is 16.5. The van der Waals surface area contributed by atoms with Crippen LogP contribution >= 0.6 is 0 Å². The van der Waals surface area contributed by atoms with Crippen LogP contribution in [0.2, 0.25) is 0 Å². The lowest BCUT2D eigenvalue weighted by molar-refractivity contribution is 0.233. The number of aromatic nitrogens is 4. The zero-order valence-corrected chi connectivity index (χ0v) is 16.5. The van der Waals surface area contributed by atoms with Crippen LogP contribution in [0, 0.1) is 5.92 Å². The minimum Gasteiger partial charge on any atom is -0.339 e. The van der Waals surface area contributed by atoms with Crippen LogP contribution in [0.1, 0.15) is 38.5 Å². The van der Waals surface area contributed by atoms with Gasteiger partial charge in [0.2, 0.25) is 5.95 Å². The van der Waals surface area contributed by atoms with Crippen LogP contribution < -0.4 is 15.5 Å². The van der Waals surface area contributed by atoms with Crippen LogP contribution in [0.15, 0.2) is 24.7 Å². The first-order valence-electron chi connectivity index (χ1n) is 10.3. The minimum atomic E-state index is -0.0533. The van der Waals surface area contributed by atoms with Gasteiger partial charge in [0.15, 0.2) is 0 Å². The molecule has 1 aliphatic carbocycles. The van der Waals surface area contributed by atoms with Crippen molar-refractivity contribution in [2.75, 3.05) is 24.5 Å². The molecule has 2 aromatic heterocycles. The second-order valence-electron chi connectivity index (χ2n) is 7.93. The summed E-state index contributed by atoms with van der Waals surface area (Å²) in [5.41, 5.74) is 1.84. The van der Waals surface area contributed by atoms with Gasteiger partial charge in [-0.25, -0.2) is 14.8 Å². The van der Waals surface area contributed by atoms with Crippen LogP contribution in [0.3, 0.4) is 0 Å². The van der Waals surface area contributed by atoms with Crippen molar-refractivity contribution >= 4 is 12.0 Å². The molecule has 150 valence electrons. The number of anilines is 1. The summed E-state index contributed by atoms with van der Waals surface area (Å²) in [6.45, 7) is 2.36. The predicted octanol–water partition coefficient (Wildman–Crippen LogP) is 2.34. The summed E-state index contributed by atoms with van der Waals surface area (Å²) >= 11 is 0. The Bertz CT molecular complexity index is 799. The molecule has 0 radical (unpaired) electrons. The van der Waals surface area contributed by atoms with Crippen molar-refractivity contribution in [3.05, 3.63) is 24.7 Å². The molecule has 2 amide bonds. The van der Waals surface area contributed by atoms with Gasteiger partial charge in [-0.15, -0.1) is 0 Å². The molecule has 0 bridgehead atoms. The van der Waals surface area contributed by atoms with Crippen molar-refractivity contribution in [1.29, 1.82) is 0 Å². The van der Waals surface area contributed by atoms with Crippen molar-refractivity contribution in [2.24, 2.45) is 13.0 Å². The number of carbonyl (C=O) groups excluding carboxylic acids is 1. The molecule has 1 saturated carbocycles. The van der Waals surface area contributed by atoms with Gasteiger partial charge >= 0.3 is 6.03 Å². The first-order valence-corrected chi connectivity index (χ1v) is 10.3. The molecule has 4 rings (SSSR count). The lowest BCUT2D eigenvalue weighted by atomic mass is 9.89. The van der Waals surface area contributed by atoms with Crippen LogP contribution in [-0.4, -0.2) is 51.5 Å². The predicted molar refractivity (Wildman–Crippen MR) is 108 cm³/mol. The van der Waals surface area contributed by atoms with Gasteiger partial charge in [0.25, 0.3) is 0 Å². The topological polar surface area (TPSA) is 88.0 Å². The van der Waals surface area contributed by atoms with Crippen LogP contribution in [-0.2, 0) is 7.05 Å². The summed E-state index contributed by atoms with van der Waals surface area (Å²) < 4.78 is 1.76. The van der Waals surface area contributed by atoms with Gasteiger partial charge in [-0.1, -0.05) is 19.3 Å². The third kappa shape index (κ3) is 4.61. The fourth-order valence-electron chi connectivity index (χ4n) is 4.14. The minimum absolute atomic E-state index is 0.0533.